The standard InChI is InChI=1S/C19H30N2O/c20-15-19(17-7-3-1-4-8-17)10-9-18(22)16(13-19)14-21-11-5-2-6-12-21/h1,3-4,7-8,16,18,22H,2,5-6,9-15,20H2. The summed E-state index contributed by atoms with van der Waals surface area (Å²) in [6.45, 7) is 4.12. The minimum absolute atomic E-state index is 0.0565. The Hall–Kier alpha value is -0.900. The third kappa shape index (κ3) is 3.37. The maximum atomic E-state index is 10.5. The molecule has 0 radical (unpaired) electrons. The molecule has 1 saturated heterocycles. The highest BCUT2D eigenvalue weighted by atomic mass is 16.3. The highest BCUT2D eigenvalue weighted by Gasteiger charge is 2.41. The second kappa shape index (κ2) is 7.12. The summed E-state index contributed by atoms with van der Waals surface area (Å²) >= 11 is 0. The summed E-state index contributed by atoms with van der Waals surface area (Å²) in [6, 6.07) is 10.7. The van der Waals surface area contributed by atoms with E-state index in [9.17, 15) is 5.11 Å². The molecule has 1 aliphatic carbocycles. The Morgan fingerprint density at radius 3 is 2.55 bits per heavy atom. The maximum Gasteiger partial charge on any atom is 0.0581 e. The van der Waals surface area contributed by atoms with E-state index in [0.29, 0.717) is 12.5 Å². The van der Waals surface area contributed by atoms with Crippen molar-refractivity contribution in [3.05, 3.63) is 35.9 Å². The largest absolute Gasteiger partial charge is 0.393 e. The number of aliphatic hydroxyl groups excluding tert-OH is 1. The fourth-order valence-corrected chi connectivity index (χ4v) is 4.42. The Bertz CT molecular complexity index is 458. The van der Waals surface area contributed by atoms with Crippen LogP contribution in [0.25, 0.3) is 0 Å². The molecule has 1 aromatic carbocycles. The molecule has 1 heterocycles. The summed E-state index contributed by atoms with van der Waals surface area (Å²) in [7, 11) is 0. The van der Waals surface area contributed by atoms with Gasteiger partial charge in [0.1, 0.15) is 0 Å². The molecule has 3 atom stereocenters. The first-order chi connectivity index (χ1) is 10.7. The van der Waals surface area contributed by atoms with Crippen molar-refractivity contribution in [3.63, 3.8) is 0 Å². The summed E-state index contributed by atoms with van der Waals surface area (Å²) in [5.41, 5.74) is 7.63. The fraction of sp³-hybridized carbons (Fsp3) is 0.684. The predicted octanol–water partition coefficient (Wildman–Crippen LogP) is 2.53. The zero-order valence-corrected chi connectivity index (χ0v) is 13.6. The van der Waals surface area contributed by atoms with E-state index in [2.05, 4.69) is 35.2 Å². The molecule has 0 amide bonds. The number of piperidine rings is 1. The van der Waals surface area contributed by atoms with Crippen molar-refractivity contribution in [1.82, 2.24) is 4.90 Å². The number of benzene rings is 1. The van der Waals surface area contributed by atoms with Gasteiger partial charge in [0.05, 0.1) is 6.10 Å². The molecule has 0 bridgehead atoms. The lowest BCUT2D eigenvalue weighted by atomic mass is 9.64. The summed E-state index contributed by atoms with van der Waals surface area (Å²) < 4.78 is 0. The first kappa shape index (κ1) is 16.0. The lowest BCUT2D eigenvalue weighted by Gasteiger charge is -2.45. The number of hydrogen-bond donors (Lipinski definition) is 2. The van der Waals surface area contributed by atoms with Crippen LogP contribution < -0.4 is 5.73 Å². The summed E-state index contributed by atoms with van der Waals surface area (Å²) in [5, 5.41) is 10.5. The van der Waals surface area contributed by atoms with Gasteiger partial charge in [-0.2, -0.15) is 0 Å². The topological polar surface area (TPSA) is 49.5 Å². The van der Waals surface area contributed by atoms with E-state index in [1.54, 1.807) is 0 Å². The highest BCUT2D eigenvalue weighted by molar-refractivity contribution is 5.27. The molecule has 3 unspecified atom stereocenters. The lowest BCUT2D eigenvalue weighted by Crippen LogP contribution is -2.48. The molecule has 0 aromatic heterocycles. The molecular weight excluding hydrogens is 272 g/mol. The number of hydrogen-bond acceptors (Lipinski definition) is 3. The van der Waals surface area contributed by atoms with Crippen molar-refractivity contribution in [1.29, 1.82) is 0 Å². The van der Waals surface area contributed by atoms with E-state index in [0.717, 1.165) is 25.8 Å². The van der Waals surface area contributed by atoms with E-state index in [-0.39, 0.29) is 11.5 Å². The summed E-state index contributed by atoms with van der Waals surface area (Å²) in [4.78, 5) is 2.55. The number of likely N-dealkylation sites (tertiary alicyclic amines) is 1. The van der Waals surface area contributed by atoms with Crippen LogP contribution in [0, 0.1) is 5.92 Å². The Morgan fingerprint density at radius 2 is 1.86 bits per heavy atom. The number of nitrogens with two attached hydrogens (primary N) is 1. The van der Waals surface area contributed by atoms with Gasteiger partial charge in [-0.1, -0.05) is 36.8 Å². The SMILES string of the molecule is NCC1(c2ccccc2)CCC(O)C(CN2CCCCC2)C1. The lowest BCUT2D eigenvalue weighted by molar-refractivity contribution is 0.0156. The van der Waals surface area contributed by atoms with Crippen LogP contribution in [0.2, 0.25) is 0 Å². The molecule has 122 valence electrons. The molecule has 0 spiro atoms. The van der Waals surface area contributed by atoms with Gasteiger partial charge >= 0.3 is 0 Å². The third-order valence-electron chi connectivity index (χ3n) is 5.83. The van der Waals surface area contributed by atoms with Gasteiger partial charge in [0.2, 0.25) is 0 Å². The molecule has 3 nitrogen and oxygen atoms in total. The second-order valence-corrected chi connectivity index (χ2v) is 7.28. The van der Waals surface area contributed by atoms with Crippen molar-refractivity contribution in [2.24, 2.45) is 11.7 Å². The van der Waals surface area contributed by atoms with E-state index < -0.39 is 0 Å². The van der Waals surface area contributed by atoms with Crippen LogP contribution in [0.3, 0.4) is 0 Å². The van der Waals surface area contributed by atoms with Gasteiger partial charge in [0.25, 0.3) is 0 Å². The summed E-state index contributed by atoms with van der Waals surface area (Å²) in [6.07, 6.45) is 6.72. The Kier molecular flexibility index (Phi) is 5.17. The van der Waals surface area contributed by atoms with Gasteiger partial charge in [0.15, 0.2) is 0 Å². The van der Waals surface area contributed by atoms with E-state index >= 15 is 0 Å². The normalized spacial score (nSPS) is 33.7. The summed E-state index contributed by atoms with van der Waals surface area (Å²) in [5.74, 6) is 0.357. The van der Waals surface area contributed by atoms with Gasteiger partial charge in [-0.3, -0.25) is 0 Å². The van der Waals surface area contributed by atoms with Crippen LogP contribution in [-0.2, 0) is 5.41 Å². The molecule has 1 aliphatic heterocycles. The second-order valence-electron chi connectivity index (χ2n) is 7.28. The molecule has 2 aliphatic rings. The first-order valence-electron chi connectivity index (χ1n) is 8.89. The zero-order valence-electron chi connectivity index (χ0n) is 13.6. The molecule has 3 rings (SSSR count). The molecule has 1 saturated carbocycles. The monoisotopic (exact) mass is 302 g/mol. The molecule has 2 fully saturated rings. The van der Waals surface area contributed by atoms with Crippen LogP contribution in [0.4, 0.5) is 0 Å². The molecule has 3 heteroatoms. The quantitative estimate of drug-likeness (QED) is 0.898. The van der Waals surface area contributed by atoms with Gasteiger partial charge < -0.3 is 15.7 Å². The predicted molar refractivity (Wildman–Crippen MR) is 90.8 cm³/mol. The van der Waals surface area contributed by atoms with Crippen LogP contribution in [-0.4, -0.2) is 42.3 Å². The Labute approximate surface area is 134 Å². The minimum Gasteiger partial charge on any atom is -0.393 e. The fourth-order valence-electron chi connectivity index (χ4n) is 4.42. The van der Waals surface area contributed by atoms with Crippen LogP contribution in [0.5, 0.6) is 0 Å². The van der Waals surface area contributed by atoms with Crippen LogP contribution in [0.1, 0.15) is 44.1 Å². The van der Waals surface area contributed by atoms with Crippen molar-refractivity contribution < 1.29 is 5.11 Å². The van der Waals surface area contributed by atoms with Crippen LogP contribution in [0.15, 0.2) is 30.3 Å². The van der Waals surface area contributed by atoms with Gasteiger partial charge in [-0.15, -0.1) is 0 Å². The van der Waals surface area contributed by atoms with E-state index in [1.807, 2.05) is 0 Å². The molecule has 1 aromatic rings. The zero-order chi connectivity index (χ0) is 15.4. The van der Waals surface area contributed by atoms with Crippen LogP contribution >= 0.6 is 0 Å². The van der Waals surface area contributed by atoms with Crippen molar-refractivity contribution in [2.45, 2.75) is 50.0 Å². The molecule has 3 N–H and O–H groups in total. The van der Waals surface area contributed by atoms with Crippen molar-refractivity contribution >= 4 is 0 Å². The average molecular weight is 302 g/mol. The third-order valence-corrected chi connectivity index (χ3v) is 5.83. The van der Waals surface area contributed by atoms with Gasteiger partial charge in [-0.05, 0) is 56.7 Å². The molecular formula is C19H30N2O. The smallest absolute Gasteiger partial charge is 0.0581 e. The van der Waals surface area contributed by atoms with E-state index in [1.165, 1.54) is 37.9 Å². The number of aliphatic hydroxyl groups is 1. The number of nitrogens with zero attached hydrogens (tertiary/aromatic N) is 1. The van der Waals surface area contributed by atoms with Gasteiger partial charge in [-0.25, -0.2) is 0 Å². The molecule has 22 heavy (non-hydrogen) atoms. The minimum atomic E-state index is -0.162. The van der Waals surface area contributed by atoms with Gasteiger partial charge in [0, 0.05) is 18.5 Å². The first-order valence-corrected chi connectivity index (χ1v) is 8.89. The Morgan fingerprint density at radius 1 is 1.14 bits per heavy atom. The highest BCUT2D eigenvalue weighted by Crippen LogP contribution is 2.42. The van der Waals surface area contributed by atoms with E-state index in [4.69, 9.17) is 5.73 Å². The van der Waals surface area contributed by atoms with Crippen molar-refractivity contribution in [3.8, 4) is 0 Å². The number of rotatable bonds is 4. The van der Waals surface area contributed by atoms with Crippen molar-refractivity contribution in [2.75, 3.05) is 26.2 Å². The average Bonchev–Trinajstić information content (AvgIpc) is 2.59. The Balaban J connectivity index is 1.73. The maximum absolute atomic E-state index is 10.5.